The van der Waals surface area contributed by atoms with Crippen LogP contribution in [0.15, 0.2) is 54.6 Å². The quantitative estimate of drug-likeness (QED) is 0.325. The summed E-state index contributed by atoms with van der Waals surface area (Å²) in [5.41, 5.74) is 4.53. The van der Waals surface area contributed by atoms with Gasteiger partial charge in [-0.1, -0.05) is 29.8 Å². The van der Waals surface area contributed by atoms with Crippen LogP contribution in [0.1, 0.15) is 32.9 Å². The Labute approximate surface area is 200 Å². The maximum Gasteiger partial charge on any atom is 0.335 e. The molecule has 0 aliphatic heterocycles. The normalized spacial score (nSPS) is 11.3. The first-order valence-corrected chi connectivity index (χ1v) is 10.7. The van der Waals surface area contributed by atoms with E-state index in [4.69, 9.17) is 26.2 Å². The zero-order valence-corrected chi connectivity index (χ0v) is 19.2. The van der Waals surface area contributed by atoms with Gasteiger partial charge in [0.2, 0.25) is 0 Å². The van der Waals surface area contributed by atoms with E-state index in [0.29, 0.717) is 34.0 Å². The van der Waals surface area contributed by atoms with Crippen LogP contribution in [0.4, 0.5) is 0 Å². The number of hydrogen-bond donors (Lipinski definition) is 2. The average molecular weight is 474 g/mol. The minimum absolute atomic E-state index is 0.105. The number of H-pyrrole nitrogens is 1. The monoisotopic (exact) mass is 473 g/mol. The zero-order valence-electron chi connectivity index (χ0n) is 18.4. The highest BCUT2D eigenvalue weighted by Gasteiger charge is 2.14. The third-order valence-corrected chi connectivity index (χ3v) is 5.41. The van der Waals surface area contributed by atoms with Gasteiger partial charge in [0.15, 0.2) is 11.5 Å². The Morgan fingerprint density at radius 1 is 1.24 bits per heavy atom. The highest BCUT2D eigenvalue weighted by atomic mass is 35.5. The lowest BCUT2D eigenvalue weighted by Crippen LogP contribution is -2.02. The molecule has 0 fully saturated rings. The van der Waals surface area contributed by atoms with Crippen LogP contribution in [0.25, 0.3) is 22.7 Å². The molecule has 1 aromatic heterocycles. The van der Waals surface area contributed by atoms with Gasteiger partial charge in [0.1, 0.15) is 18.5 Å². The second-order valence-electron chi connectivity index (χ2n) is 7.60. The molecule has 0 spiro atoms. The van der Waals surface area contributed by atoms with Gasteiger partial charge >= 0.3 is 5.97 Å². The number of nitriles is 1. The van der Waals surface area contributed by atoms with E-state index >= 15 is 0 Å². The Hall–Kier alpha value is -4.28. The fraction of sp³-hybridized carbons (Fsp3) is 0.115. The number of benzene rings is 3. The number of carboxylic acids is 1. The summed E-state index contributed by atoms with van der Waals surface area (Å²) in [6.45, 7) is 2.09. The molecule has 170 valence electrons. The van der Waals surface area contributed by atoms with Crippen molar-refractivity contribution >= 4 is 40.3 Å². The topological polar surface area (TPSA) is 108 Å². The molecule has 0 saturated heterocycles. The van der Waals surface area contributed by atoms with Crippen LogP contribution in [0.2, 0.25) is 5.02 Å². The van der Waals surface area contributed by atoms with E-state index in [-0.39, 0.29) is 17.2 Å². The number of aryl methyl sites for hydroxylation is 1. The number of aromatic amines is 1. The van der Waals surface area contributed by atoms with Crippen molar-refractivity contribution in [2.45, 2.75) is 13.5 Å². The highest BCUT2D eigenvalue weighted by Crippen LogP contribution is 2.38. The van der Waals surface area contributed by atoms with Gasteiger partial charge in [0.05, 0.1) is 34.3 Å². The Morgan fingerprint density at radius 3 is 2.79 bits per heavy atom. The van der Waals surface area contributed by atoms with E-state index in [9.17, 15) is 10.1 Å². The van der Waals surface area contributed by atoms with E-state index in [0.717, 1.165) is 16.6 Å². The number of rotatable bonds is 7. The molecule has 4 rings (SSSR count). The average Bonchev–Trinajstić information content (AvgIpc) is 3.24. The molecule has 0 atom stereocenters. The second-order valence-corrected chi connectivity index (χ2v) is 8.01. The van der Waals surface area contributed by atoms with Crippen LogP contribution in [-0.4, -0.2) is 28.2 Å². The second kappa shape index (κ2) is 9.69. The van der Waals surface area contributed by atoms with Gasteiger partial charge in [0.25, 0.3) is 0 Å². The molecular weight excluding hydrogens is 454 g/mol. The SMILES string of the molecule is COc1cc(C=C(C#N)c2nc3ccc(C)cc3[nH]2)cc(Cl)c1OCc1cccc(C(=O)O)c1. The molecule has 0 aliphatic carbocycles. The number of carboxylic acid groups (broad SMARTS) is 1. The summed E-state index contributed by atoms with van der Waals surface area (Å²) in [5.74, 6) is 0.142. The number of fused-ring (bicyclic) bond motifs is 1. The van der Waals surface area contributed by atoms with Gasteiger partial charge < -0.3 is 19.6 Å². The molecule has 0 saturated carbocycles. The standard InChI is InChI=1S/C26H20ClN3O4/c1-15-6-7-21-22(8-15)30-25(29-21)19(13-28)10-17-11-20(27)24(23(12-17)33-2)34-14-16-4-3-5-18(9-16)26(31)32/h3-12H,14H2,1-2H3,(H,29,30)(H,31,32). The van der Waals surface area contributed by atoms with Crippen molar-refractivity contribution in [2.24, 2.45) is 0 Å². The number of aromatic nitrogens is 2. The molecule has 8 heteroatoms. The number of nitrogens with zero attached hydrogens (tertiary/aromatic N) is 2. The fourth-order valence-electron chi connectivity index (χ4n) is 3.48. The number of methoxy groups -OCH3 is 1. The summed E-state index contributed by atoms with van der Waals surface area (Å²) in [6, 6.07) is 17.8. The Kier molecular flexibility index (Phi) is 6.53. The van der Waals surface area contributed by atoms with Crippen molar-refractivity contribution in [2.75, 3.05) is 7.11 Å². The van der Waals surface area contributed by atoms with Gasteiger partial charge in [-0.05, 0) is 66.1 Å². The lowest BCUT2D eigenvalue weighted by Gasteiger charge is -2.14. The number of ether oxygens (including phenoxy) is 2. The highest BCUT2D eigenvalue weighted by molar-refractivity contribution is 6.32. The maximum atomic E-state index is 11.2. The van der Waals surface area contributed by atoms with Crippen molar-refractivity contribution in [1.82, 2.24) is 9.97 Å². The van der Waals surface area contributed by atoms with Gasteiger partial charge in [-0.3, -0.25) is 0 Å². The summed E-state index contributed by atoms with van der Waals surface area (Å²) in [5, 5.41) is 19.2. The van der Waals surface area contributed by atoms with Crippen LogP contribution in [0, 0.1) is 18.3 Å². The zero-order chi connectivity index (χ0) is 24.2. The Balaban J connectivity index is 1.62. The van der Waals surface area contributed by atoms with E-state index in [1.807, 2.05) is 25.1 Å². The largest absolute Gasteiger partial charge is 0.493 e. The third-order valence-electron chi connectivity index (χ3n) is 5.13. The van der Waals surface area contributed by atoms with Crippen molar-refractivity contribution < 1.29 is 19.4 Å². The van der Waals surface area contributed by atoms with E-state index < -0.39 is 5.97 Å². The molecule has 0 bridgehead atoms. The van der Waals surface area contributed by atoms with Crippen molar-refractivity contribution in [3.05, 3.63) is 87.7 Å². The molecule has 1 heterocycles. The lowest BCUT2D eigenvalue weighted by molar-refractivity contribution is 0.0696. The van der Waals surface area contributed by atoms with Crippen LogP contribution in [0.5, 0.6) is 11.5 Å². The van der Waals surface area contributed by atoms with Gasteiger partial charge in [-0.2, -0.15) is 5.26 Å². The van der Waals surface area contributed by atoms with Gasteiger partial charge in [0, 0.05) is 0 Å². The first kappa shape index (κ1) is 22.9. The number of allylic oxidation sites excluding steroid dienone is 1. The predicted octanol–water partition coefficient (Wildman–Crippen LogP) is 5.87. The van der Waals surface area contributed by atoms with Crippen LogP contribution in [-0.2, 0) is 6.61 Å². The maximum absolute atomic E-state index is 11.2. The number of hydrogen-bond acceptors (Lipinski definition) is 5. The van der Waals surface area contributed by atoms with E-state index in [1.54, 1.807) is 30.3 Å². The first-order valence-electron chi connectivity index (χ1n) is 10.3. The third kappa shape index (κ3) is 4.87. The number of imidazole rings is 1. The summed E-state index contributed by atoms with van der Waals surface area (Å²) in [4.78, 5) is 18.9. The summed E-state index contributed by atoms with van der Waals surface area (Å²) in [6.07, 6.45) is 1.67. The molecule has 4 aromatic rings. The van der Waals surface area contributed by atoms with Crippen molar-refractivity contribution in [3.8, 4) is 17.6 Å². The molecular formula is C26H20ClN3O4. The molecule has 3 aromatic carbocycles. The smallest absolute Gasteiger partial charge is 0.335 e. The summed E-state index contributed by atoms with van der Waals surface area (Å²) >= 11 is 6.48. The molecule has 0 amide bonds. The molecule has 2 N–H and O–H groups in total. The molecule has 0 unspecified atom stereocenters. The van der Waals surface area contributed by atoms with Crippen LogP contribution < -0.4 is 9.47 Å². The van der Waals surface area contributed by atoms with E-state index in [2.05, 4.69) is 16.0 Å². The summed E-state index contributed by atoms with van der Waals surface area (Å²) < 4.78 is 11.3. The van der Waals surface area contributed by atoms with Gasteiger partial charge in [-0.25, -0.2) is 9.78 Å². The minimum Gasteiger partial charge on any atom is -0.493 e. The predicted molar refractivity (Wildman–Crippen MR) is 130 cm³/mol. The molecule has 0 aliphatic rings. The van der Waals surface area contributed by atoms with E-state index in [1.165, 1.54) is 19.2 Å². The number of nitrogens with one attached hydrogen (secondary N) is 1. The lowest BCUT2D eigenvalue weighted by atomic mass is 10.1. The Morgan fingerprint density at radius 2 is 2.06 bits per heavy atom. The number of halogens is 1. The molecule has 7 nitrogen and oxygen atoms in total. The summed E-state index contributed by atoms with van der Waals surface area (Å²) in [7, 11) is 1.49. The first-order chi connectivity index (χ1) is 16.4. The van der Waals surface area contributed by atoms with Crippen molar-refractivity contribution in [3.63, 3.8) is 0 Å². The Bertz CT molecular complexity index is 1470. The minimum atomic E-state index is -1.01. The number of carbonyl (C=O) groups is 1. The fourth-order valence-corrected chi connectivity index (χ4v) is 3.76. The van der Waals surface area contributed by atoms with Crippen molar-refractivity contribution in [1.29, 1.82) is 5.26 Å². The van der Waals surface area contributed by atoms with Gasteiger partial charge in [-0.15, -0.1) is 0 Å². The molecule has 34 heavy (non-hydrogen) atoms. The van der Waals surface area contributed by atoms with Crippen LogP contribution >= 0.6 is 11.6 Å². The number of aromatic carboxylic acids is 1. The molecule has 0 radical (unpaired) electrons. The van der Waals surface area contributed by atoms with Crippen LogP contribution in [0.3, 0.4) is 0 Å².